The number of piperidine rings is 1. The normalized spacial score (nSPS) is 22.0. The summed E-state index contributed by atoms with van der Waals surface area (Å²) in [6.07, 6.45) is 0.508. The minimum absolute atomic E-state index is 0.0336. The standard InChI is InChI=1S/C16H17BrN2O3/c1-9-8-19(5-4-12(9)16(21)22)15(20)14-6-10-2-3-11(17)7-13(10)18-14/h2-3,6-7,9,12,18H,4-5,8H2,1H3,(H,21,22). The van der Waals surface area contributed by atoms with E-state index in [4.69, 9.17) is 5.11 Å². The first-order valence-corrected chi connectivity index (χ1v) is 8.05. The summed E-state index contributed by atoms with van der Waals surface area (Å²) >= 11 is 3.41. The number of carbonyl (C=O) groups excluding carboxylic acids is 1. The second-order valence-electron chi connectivity index (χ2n) is 5.88. The highest BCUT2D eigenvalue weighted by Crippen LogP contribution is 2.26. The number of hydrogen-bond donors (Lipinski definition) is 2. The Morgan fingerprint density at radius 2 is 2.14 bits per heavy atom. The average molecular weight is 365 g/mol. The van der Waals surface area contributed by atoms with Crippen LogP contribution in [0.15, 0.2) is 28.7 Å². The molecule has 22 heavy (non-hydrogen) atoms. The molecule has 3 rings (SSSR count). The summed E-state index contributed by atoms with van der Waals surface area (Å²) in [4.78, 5) is 28.6. The average Bonchev–Trinajstić information content (AvgIpc) is 2.88. The topological polar surface area (TPSA) is 73.4 Å². The van der Waals surface area contributed by atoms with Crippen molar-refractivity contribution in [2.24, 2.45) is 11.8 Å². The molecule has 1 saturated heterocycles. The number of rotatable bonds is 2. The number of aromatic amines is 1. The Kier molecular flexibility index (Phi) is 3.95. The van der Waals surface area contributed by atoms with Gasteiger partial charge in [-0.2, -0.15) is 0 Å². The van der Waals surface area contributed by atoms with Gasteiger partial charge in [-0.05, 0) is 30.5 Å². The summed E-state index contributed by atoms with van der Waals surface area (Å²) in [5, 5.41) is 10.1. The van der Waals surface area contributed by atoms with E-state index in [0.29, 0.717) is 25.2 Å². The molecule has 1 aromatic heterocycles. The van der Waals surface area contributed by atoms with Gasteiger partial charge in [-0.1, -0.05) is 28.9 Å². The van der Waals surface area contributed by atoms with Gasteiger partial charge in [0.15, 0.2) is 0 Å². The van der Waals surface area contributed by atoms with Crippen molar-refractivity contribution < 1.29 is 14.7 Å². The molecule has 0 saturated carbocycles. The molecule has 0 radical (unpaired) electrons. The van der Waals surface area contributed by atoms with E-state index in [9.17, 15) is 9.59 Å². The van der Waals surface area contributed by atoms with Gasteiger partial charge < -0.3 is 15.0 Å². The maximum Gasteiger partial charge on any atom is 0.306 e. The second-order valence-corrected chi connectivity index (χ2v) is 6.79. The lowest BCUT2D eigenvalue weighted by molar-refractivity contribution is -0.145. The number of hydrogen-bond acceptors (Lipinski definition) is 2. The minimum atomic E-state index is -0.768. The number of nitrogens with one attached hydrogen (secondary N) is 1. The van der Waals surface area contributed by atoms with Crippen LogP contribution in [0.1, 0.15) is 23.8 Å². The number of aliphatic carboxylic acids is 1. The van der Waals surface area contributed by atoms with Crippen LogP contribution in [-0.2, 0) is 4.79 Å². The van der Waals surface area contributed by atoms with Crippen molar-refractivity contribution in [3.8, 4) is 0 Å². The van der Waals surface area contributed by atoms with Crippen LogP contribution in [0, 0.1) is 11.8 Å². The number of fused-ring (bicyclic) bond motifs is 1. The highest BCUT2D eigenvalue weighted by Gasteiger charge is 2.33. The number of carboxylic acids is 1. The van der Waals surface area contributed by atoms with Crippen LogP contribution in [0.25, 0.3) is 10.9 Å². The van der Waals surface area contributed by atoms with E-state index < -0.39 is 5.97 Å². The van der Waals surface area contributed by atoms with Gasteiger partial charge >= 0.3 is 5.97 Å². The number of aromatic nitrogens is 1. The molecule has 2 unspecified atom stereocenters. The summed E-state index contributed by atoms with van der Waals surface area (Å²) in [5.41, 5.74) is 1.46. The van der Waals surface area contributed by atoms with E-state index in [1.54, 1.807) is 4.90 Å². The van der Waals surface area contributed by atoms with Gasteiger partial charge in [0.1, 0.15) is 5.69 Å². The van der Waals surface area contributed by atoms with Crippen molar-refractivity contribution in [2.45, 2.75) is 13.3 Å². The fourth-order valence-electron chi connectivity index (χ4n) is 3.08. The Labute approximate surface area is 136 Å². The number of likely N-dealkylation sites (tertiary alicyclic amines) is 1. The summed E-state index contributed by atoms with van der Waals surface area (Å²) < 4.78 is 0.955. The lowest BCUT2D eigenvalue weighted by Crippen LogP contribution is -2.45. The number of amides is 1. The molecule has 1 amide bonds. The highest BCUT2D eigenvalue weighted by molar-refractivity contribution is 9.10. The fourth-order valence-corrected chi connectivity index (χ4v) is 3.44. The molecule has 2 heterocycles. The molecular weight excluding hydrogens is 348 g/mol. The Hall–Kier alpha value is -1.82. The van der Waals surface area contributed by atoms with Gasteiger partial charge in [-0.3, -0.25) is 9.59 Å². The van der Waals surface area contributed by atoms with Gasteiger partial charge in [0, 0.05) is 28.5 Å². The Bertz CT molecular complexity index is 740. The molecule has 1 fully saturated rings. The zero-order valence-electron chi connectivity index (χ0n) is 12.2. The molecule has 6 heteroatoms. The number of carboxylic acid groups (broad SMARTS) is 1. The number of H-pyrrole nitrogens is 1. The van der Waals surface area contributed by atoms with E-state index in [1.165, 1.54) is 0 Å². The summed E-state index contributed by atoms with van der Waals surface area (Å²) in [7, 11) is 0. The molecule has 116 valence electrons. The first kappa shape index (κ1) is 15.1. The minimum Gasteiger partial charge on any atom is -0.481 e. The fraction of sp³-hybridized carbons (Fsp3) is 0.375. The highest BCUT2D eigenvalue weighted by atomic mass is 79.9. The van der Waals surface area contributed by atoms with E-state index in [2.05, 4.69) is 20.9 Å². The number of nitrogens with zero attached hydrogens (tertiary/aromatic N) is 1. The van der Waals surface area contributed by atoms with Crippen LogP contribution in [0.2, 0.25) is 0 Å². The predicted molar refractivity (Wildman–Crippen MR) is 86.8 cm³/mol. The monoisotopic (exact) mass is 364 g/mol. The molecule has 2 N–H and O–H groups in total. The predicted octanol–water partition coefficient (Wildman–Crippen LogP) is 3.11. The molecular formula is C16H17BrN2O3. The van der Waals surface area contributed by atoms with Crippen LogP contribution in [-0.4, -0.2) is 40.0 Å². The first-order valence-electron chi connectivity index (χ1n) is 7.26. The molecule has 0 bridgehead atoms. The Morgan fingerprint density at radius 1 is 1.36 bits per heavy atom. The van der Waals surface area contributed by atoms with Crippen molar-refractivity contribution in [1.29, 1.82) is 0 Å². The Morgan fingerprint density at radius 3 is 2.82 bits per heavy atom. The third-order valence-electron chi connectivity index (χ3n) is 4.32. The molecule has 2 atom stereocenters. The smallest absolute Gasteiger partial charge is 0.306 e. The molecule has 1 aromatic carbocycles. The number of benzene rings is 1. The van der Waals surface area contributed by atoms with Crippen molar-refractivity contribution >= 4 is 38.7 Å². The summed E-state index contributed by atoms with van der Waals surface area (Å²) in [5.74, 6) is -1.23. The van der Waals surface area contributed by atoms with Gasteiger partial charge in [-0.15, -0.1) is 0 Å². The number of carbonyl (C=O) groups is 2. The van der Waals surface area contributed by atoms with Crippen LogP contribution >= 0.6 is 15.9 Å². The summed E-state index contributed by atoms with van der Waals surface area (Å²) in [6.45, 7) is 2.86. The molecule has 2 aromatic rings. The second kappa shape index (κ2) is 5.76. The Balaban J connectivity index is 1.80. The number of halogens is 1. The maximum absolute atomic E-state index is 12.6. The molecule has 0 spiro atoms. The molecule has 5 nitrogen and oxygen atoms in total. The van der Waals surface area contributed by atoms with Gasteiger partial charge in [-0.25, -0.2) is 0 Å². The summed E-state index contributed by atoms with van der Waals surface area (Å²) in [6, 6.07) is 7.67. The van der Waals surface area contributed by atoms with Crippen molar-refractivity contribution in [3.63, 3.8) is 0 Å². The van der Waals surface area contributed by atoms with Crippen LogP contribution in [0.4, 0.5) is 0 Å². The zero-order chi connectivity index (χ0) is 15.9. The maximum atomic E-state index is 12.6. The van der Waals surface area contributed by atoms with E-state index in [1.807, 2.05) is 31.2 Å². The third kappa shape index (κ3) is 2.75. The van der Waals surface area contributed by atoms with Crippen LogP contribution in [0.3, 0.4) is 0 Å². The van der Waals surface area contributed by atoms with E-state index in [-0.39, 0.29) is 17.7 Å². The first-order chi connectivity index (χ1) is 10.5. The lowest BCUT2D eigenvalue weighted by atomic mass is 9.87. The molecule has 1 aliphatic rings. The SMILES string of the molecule is CC1CN(C(=O)c2cc3ccc(Br)cc3[nH]2)CCC1C(=O)O. The van der Waals surface area contributed by atoms with Crippen molar-refractivity contribution in [3.05, 3.63) is 34.4 Å². The zero-order valence-corrected chi connectivity index (χ0v) is 13.8. The van der Waals surface area contributed by atoms with E-state index >= 15 is 0 Å². The van der Waals surface area contributed by atoms with Crippen LogP contribution in [0.5, 0.6) is 0 Å². The van der Waals surface area contributed by atoms with Crippen molar-refractivity contribution in [1.82, 2.24) is 9.88 Å². The lowest BCUT2D eigenvalue weighted by Gasteiger charge is -2.34. The van der Waals surface area contributed by atoms with Gasteiger partial charge in [0.25, 0.3) is 5.91 Å². The third-order valence-corrected chi connectivity index (χ3v) is 4.82. The quantitative estimate of drug-likeness (QED) is 0.859. The molecule has 1 aliphatic heterocycles. The van der Waals surface area contributed by atoms with Gasteiger partial charge in [0.2, 0.25) is 0 Å². The van der Waals surface area contributed by atoms with Crippen LogP contribution < -0.4 is 0 Å². The van der Waals surface area contributed by atoms with Gasteiger partial charge in [0.05, 0.1) is 5.92 Å². The molecule has 0 aliphatic carbocycles. The van der Waals surface area contributed by atoms with Crippen molar-refractivity contribution in [2.75, 3.05) is 13.1 Å². The van der Waals surface area contributed by atoms with E-state index in [0.717, 1.165) is 15.4 Å². The largest absolute Gasteiger partial charge is 0.481 e.